The fourth-order valence-corrected chi connectivity index (χ4v) is 2.07. The molecule has 0 saturated carbocycles. The Bertz CT molecular complexity index is 417. The smallest absolute Gasteiger partial charge is 0.222 e. The summed E-state index contributed by atoms with van der Waals surface area (Å²) in [7, 11) is 0. The number of amides is 2. The standard InChI is InChI=1S/C13H16N2O2/c1-2-11(16)14-10-8-12(17)15-13(10)9-6-4-3-5-7-9/h3-7,10,13H,2,8H2,1H3,(H,14,16)(H,15,17)/t10-,13+/m1/s1. The summed E-state index contributed by atoms with van der Waals surface area (Å²) >= 11 is 0. The summed E-state index contributed by atoms with van der Waals surface area (Å²) in [6, 6.07) is 9.45. The molecule has 1 fully saturated rings. The molecule has 4 nitrogen and oxygen atoms in total. The second-order valence-corrected chi connectivity index (χ2v) is 4.19. The van der Waals surface area contributed by atoms with E-state index in [2.05, 4.69) is 10.6 Å². The van der Waals surface area contributed by atoms with E-state index in [1.807, 2.05) is 30.3 Å². The first-order valence-electron chi connectivity index (χ1n) is 5.84. The number of rotatable bonds is 3. The predicted molar refractivity (Wildman–Crippen MR) is 64.2 cm³/mol. The molecule has 0 aliphatic carbocycles. The molecule has 2 atom stereocenters. The fraction of sp³-hybridized carbons (Fsp3) is 0.385. The fourth-order valence-electron chi connectivity index (χ4n) is 2.07. The summed E-state index contributed by atoms with van der Waals surface area (Å²) in [5, 5.41) is 5.78. The quantitative estimate of drug-likeness (QED) is 0.821. The van der Waals surface area contributed by atoms with Crippen molar-refractivity contribution in [2.24, 2.45) is 0 Å². The zero-order valence-electron chi connectivity index (χ0n) is 9.77. The molecule has 0 aromatic heterocycles. The van der Waals surface area contributed by atoms with Crippen LogP contribution in [0.3, 0.4) is 0 Å². The number of nitrogens with one attached hydrogen (secondary N) is 2. The molecule has 0 unspecified atom stereocenters. The van der Waals surface area contributed by atoms with Crippen LogP contribution in [0.25, 0.3) is 0 Å². The summed E-state index contributed by atoms with van der Waals surface area (Å²) < 4.78 is 0. The Labute approximate surface area is 100 Å². The van der Waals surface area contributed by atoms with Crippen molar-refractivity contribution in [3.8, 4) is 0 Å². The van der Waals surface area contributed by atoms with Gasteiger partial charge in [-0.2, -0.15) is 0 Å². The normalized spacial score (nSPS) is 23.2. The predicted octanol–water partition coefficient (Wildman–Crippen LogP) is 1.14. The molecule has 1 aliphatic heterocycles. The first-order chi connectivity index (χ1) is 8.20. The van der Waals surface area contributed by atoms with Crippen LogP contribution in [0.2, 0.25) is 0 Å². The van der Waals surface area contributed by atoms with Crippen molar-refractivity contribution in [2.45, 2.75) is 31.8 Å². The van der Waals surface area contributed by atoms with E-state index in [0.717, 1.165) is 5.56 Å². The van der Waals surface area contributed by atoms with Crippen molar-refractivity contribution in [1.82, 2.24) is 10.6 Å². The van der Waals surface area contributed by atoms with Gasteiger partial charge in [-0.25, -0.2) is 0 Å². The van der Waals surface area contributed by atoms with Crippen LogP contribution in [0.5, 0.6) is 0 Å². The molecule has 0 spiro atoms. The molecule has 1 aromatic rings. The summed E-state index contributed by atoms with van der Waals surface area (Å²) in [5.41, 5.74) is 1.03. The largest absolute Gasteiger partial charge is 0.350 e. The molecule has 1 heterocycles. The van der Waals surface area contributed by atoms with E-state index < -0.39 is 0 Å². The highest BCUT2D eigenvalue weighted by molar-refractivity contribution is 5.82. The van der Waals surface area contributed by atoms with Gasteiger partial charge in [0.1, 0.15) is 0 Å². The number of carbonyl (C=O) groups is 2. The molecule has 2 rings (SSSR count). The topological polar surface area (TPSA) is 58.2 Å². The third kappa shape index (κ3) is 2.64. The maximum atomic E-state index is 11.4. The Kier molecular flexibility index (Phi) is 3.42. The number of benzene rings is 1. The van der Waals surface area contributed by atoms with Gasteiger partial charge in [-0.1, -0.05) is 37.3 Å². The Hall–Kier alpha value is -1.84. The van der Waals surface area contributed by atoms with Crippen molar-refractivity contribution < 1.29 is 9.59 Å². The van der Waals surface area contributed by atoms with Gasteiger partial charge in [-0.15, -0.1) is 0 Å². The van der Waals surface area contributed by atoms with Crippen molar-refractivity contribution in [3.63, 3.8) is 0 Å². The minimum absolute atomic E-state index is 0.0137. The van der Waals surface area contributed by atoms with Gasteiger partial charge in [0.2, 0.25) is 11.8 Å². The average molecular weight is 232 g/mol. The second-order valence-electron chi connectivity index (χ2n) is 4.19. The molecular weight excluding hydrogens is 216 g/mol. The van der Waals surface area contributed by atoms with Gasteiger partial charge in [-0.3, -0.25) is 9.59 Å². The summed E-state index contributed by atoms with van der Waals surface area (Å²) in [6.07, 6.45) is 0.789. The highest BCUT2D eigenvalue weighted by atomic mass is 16.2. The zero-order chi connectivity index (χ0) is 12.3. The number of hydrogen-bond donors (Lipinski definition) is 2. The molecule has 1 aliphatic rings. The molecule has 17 heavy (non-hydrogen) atoms. The minimum Gasteiger partial charge on any atom is -0.350 e. The van der Waals surface area contributed by atoms with Crippen LogP contribution in [0, 0.1) is 0 Å². The zero-order valence-corrected chi connectivity index (χ0v) is 9.77. The van der Waals surface area contributed by atoms with Gasteiger partial charge >= 0.3 is 0 Å². The van der Waals surface area contributed by atoms with E-state index in [-0.39, 0.29) is 23.9 Å². The van der Waals surface area contributed by atoms with E-state index in [9.17, 15) is 9.59 Å². The highest BCUT2D eigenvalue weighted by Crippen LogP contribution is 2.24. The lowest BCUT2D eigenvalue weighted by Crippen LogP contribution is -2.38. The van der Waals surface area contributed by atoms with E-state index in [1.54, 1.807) is 6.92 Å². The maximum Gasteiger partial charge on any atom is 0.222 e. The maximum absolute atomic E-state index is 11.4. The van der Waals surface area contributed by atoms with E-state index in [4.69, 9.17) is 0 Å². The molecule has 1 aromatic carbocycles. The molecule has 90 valence electrons. The van der Waals surface area contributed by atoms with Crippen molar-refractivity contribution in [3.05, 3.63) is 35.9 Å². The molecule has 0 radical (unpaired) electrons. The Morgan fingerprint density at radius 2 is 2.12 bits per heavy atom. The highest BCUT2D eigenvalue weighted by Gasteiger charge is 2.33. The lowest BCUT2D eigenvalue weighted by molar-refractivity contribution is -0.121. The Morgan fingerprint density at radius 1 is 1.41 bits per heavy atom. The van der Waals surface area contributed by atoms with E-state index in [0.29, 0.717) is 12.8 Å². The van der Waals surface area contributed by atoms with Crippen LogP contribution in [0.4, 0.5) is 0 Å². The van der Waals surface area contributed by atoms with Crippen LogP contribution in [-0.4, -0.2) is 17.9 Å². The van der Waals surface area contributed by atoms with Gasteiger partial charge in [0.05, 0.1) is 12.1 Å². The average Bonchev–Trinajstić information content (AvgIpc) is 2.71. The lowest BCUT2D eigenvalue weighted by atomic mass is 10.0. The molecular formula is C13H16N2O2. The van der Waals surface area contributed by atoms with Gasteiger partial charge in [0, 0.05) is 12.8 Å². The molecule has 0 bridgehead atoms. The molecule has 2 N–H and O–H groups in total. The van der Waals surface area contributed by atoms with Gasteiger partial charge in [0.25, 0.3) is 0 Å². The van der Waals surface area contributed by atoms with Crippen molar-refractivity contribution in [1.29, 1.82) is 0 Å². The van der Waals surface area contributed by atoms with Gasteiger partial charge < -0.3 is 10.6 Å². The van der Waals surface area contributed by atoms with Crippen LogP contribution in [0.1, 0.15) is 31.4 Å². The second kappa shape index (κ2) is 4.99. The van der Waals surface area contributed by atoms with Crippen molar-refractivity contribution >= 4 is 11.8 Å². The summed E-state index contributed by atoms with van der Waals surface area (Å²) in [6.45, 7) is 1.80. The lowest BCUT2D eigenvalue weighted by Gasteiger charge is -2.20. The number of hydrogen-bond acceptors (Lipinski definition) is 2. The number of carbonyl (C=O) groups excluding carboxylic acids is 2. The van der Waals surface area contributed by atoms with Crippen LogP contribution in [0.15, 0.2) is 30.3 Å². The monoisotopic (exact) mass is 232 g/mol. The van der Waals surface area contributed by atoms with Crippen LogP contribution < -0.4 is 10.6 Å². The third-order valence-corrected chi connectivity index (χ3v) is 2.95. The van der Waals surface area contributed by atoms with Crippen molar-refractivity contribution in [2.75, 3.05) is 0 Å². The molecule has 1 saturated heterocycles. The molecule has 4 heteroatoms. The van der Waals surface area contributed by atoms with E-state index in [1.165, 1.54) is 0 Å². The molecule has 2 amide bonds. The van der Waals surface area contributed by atoms with E-state index >= 15 is 0 Å². The first kappa shape index (κ1) is 11.6. The van der Waals surface area contributed by atoms with Gasteiger partial charge in [-0.05, 0) is 5.56 Å². The van der Waals surface area contributed by atoms with Gasteiger partial charge in [0.15, 0.2) is 0 Å². The first-order valence-corrected chi connectivity index (χ1v) is 5.84. The Morgan fingerprint density at radius 3 is 2.76 bits per heavy atom. The minimum atomic E-state index is -0.141. The Balaban J connectivity index is 2.14. The summed E-state index contributed by atoms with van der Waals surface area (Å²) in [5.74, 6) is -0.0345. The third-order valence-electron chi connectivity index (χ3n) is 2.95. The summed E-state index contributed by atoms with van der Waals surface area (Å²) in [4.78, 5) is 22.8. The van der Waals surface area contributed by atoms with Crippen LogP contribution >= 0.6 is 0 Å². The SMILES string of the molecule is CCC(=O)N[C@@H]1CC(=O)N[C@H]1c1ccccc1. The van der Waals surface area contributed by atoms with Crippen LogP contribution in [-0.2, 0) is 9.59 Å².